The minimum Gasteiger partial charge on any atom is -0.375 e. The molecule has 0 aliphatic carbocycles. The number of ether oxygens (including phenoxy) is 1. The zero-order valence-corrected chi connectivity index (χ0v) is 15.0. The number of hydrogen-bond donors (Lipinski definition) is 0. The Morgan fingerprint density at radius 1 is 1.33 bits per heavy atom. The molecule has 1 aromatic rings. The molecule has 4 nitrogen and oxygen atoms in total. The van der Waals surface area contributed by atoms with Crippen molar-refractivity contribution in [2.24, 2.45) is 5.92 Å². The van der Waals surface area contributed by atoms with Gasteiger partial charge in [0.1, 0.15) is 5.82 Å². The van der Waals surface area contributed by atoms with Crippen LogP contribution in [0.3, 0.4) is 0 Å². The van der Waals surface area contributed by atoms with E-state index in [0.717, 1.165) is 37.7 Å². The lowest BCUT2D eigenvalue weighted by atomic mass is 9.78. The first kappa shape index (κ1) is 17.8. The Bertz CT molecular complexity index is 669. The molecule has 0 aromatic heterocycles. The quantitative estimate of drug-likeness (QED) is 0.834. The van der Waals surface area contributed by atoms with Gasteiger partial charge >= 0.3 is 0 Å². The summed E-state index contributed by atoms with van der Waals surface area (Å²) in [6, 6.07) is 6.81. The number of piperidine rings is 1. The standard InChI is InChI=1S/C18H26FNO3S/c1-2-24(21,22)20-9-7-18(8-10-20)14-16(6-11-23-18)12-15-4-3-5-17(19)13-15/h3-5,13,16H,2,6-12,14H2,1H3. The lowest BCUT2D eigenvalue weighted by Crippen LogP contribution is -2.51. The predicted molar refractivity (Wildman–Crippen MR) is 91.8 cm³/mol. The van der Waals surface area contributed by atoms with Gasteiger partial charge < -0.3 is 4.74 Å². The van der Waals surface area contributed by atoms with Crippen molar-refractivity contribution in [3.8, 4) is 0 Å². The van der Waals surface area contributed by atoms with E-state index in [9.17, 15) is 12.8 Å². The molecule has 1 atom stereocenters. The Balaban J connectivity index is 1.62. The second kappa shape index (κ2) is 7.10. The molecule has 3 rings (SSSR count). The van der Waals surface area contributed by atoms with Gasteiger partial charge in [0.2, 0.25) is 10.0 Å². The molecule has 2 heterocycles. The highest BCUT2D eigenvalue weighted by molar-refractivity contribution is 7.89. The van der Waals surface area contributed by atoms with Crippen LogP contribution < -0.4 is 0 Å². The van der Waals surface area contributed by atoms with E-state index in [4.69, 9.17) is 4.74 Å². The van der Waals surface area contributed by atoms with Crippen molar-refractivity contribution in [1.82, 2.24) is 4.31 Å². The van der Waals surface area contributed by atoms with Gasteiger partial charge in [-0.2, -0.15) is 0 Å². The predicted octanol–water partition coefficient (Wildman–Crippen LogP) is 2.98. The van der Waals surface area contributed by atoms with E-state index in [0.29, 0.717) is 25.6 Å². The molecule has 1 unspecified atom stereocenters. The highest BCUT2D eigenvalue weighted by atomic mass is 32.2. The molecular weight excluding hydrogens is 329 g/mol. The SMILES string of the molecule is CCS(=O)(=O)N1CCC2(CC1)CC(Cc1cccc(F)c1)CCO2. The topological polar surface area (TPSA) is 46.6 Å². The molecule has 2 fully saturated rings. The molecule has 0 bridgehead atoms. The van der Waals surface area contributed by atoms with Crippen LogP contribution in [0.5, 0.6) is 0 Å². The summed E-state index contributed by atoms with van der Waals surface area (Å²) in [5.41, 5.74) is 0.832. The van der Waals surface area contributed by atoms with Gasteiger partial charge in [0.05, 0.1) is 11.4 Å². The number of benzene rings is 1. The minimum atomic E-state index is -3.11. The number of sulfonamides is 1. The zero-order chi connectivity index (χ0) is 17.2. The lowest BCUT2D eigenvalue weighted by Gasteiger charge is -2.46. The molecule has 0 N–H and O–H groups in total. The molecule has 2 saturated heterocycles. The molecule has 1 aromatic carbocycles. The van der Waals surface area contributed by atoms with Crippen LogP contribution in [0, 0.1) is 11.7 Å². The summed E-state index contributed by atoms with van der Waals surface area (Å²) in [6.45, 7) is 3.48. The van der Waals surface area contributed by atoms with Gasteiger partial charge in [0.25, 0.3) is 0 Å². The van der Waals surface area contributed by atoms with E-state index >= 15 is 0 Å². The Morgan fingerprint density at radius 2 is 2.08 bits per heavy atom. The first-order valence-electron chi connectivity index (χ1n) is 8.79. The molecule has 2 aliphatic heterocycles. The lowest BCUT2D eigenvalue weighted by molar-refractivity contribution is -0.120. The average molecular weight is 355 g/mol. The maximum absolute atomic E-state index is 13.4. The van der Waals surface area contributed by atoms with Gasteiger partial charge in [-0.25, -0.2) is 17.1 Å². The maximum Gasteiger partial charge on any atom is 0.213 e. The number of nitrogens with zero attached hydrogens (tertiary/aromatic N) is 1. The third-order valence-electron chi connectivity index (χ3n) is 5.40. The number of hydrogen-bond acceptors (Lipinski definition) is 3. The van der Waals surface area contributed by atoms with Crippen molar-refractivity contribution in [2.75, 3.05) is 25.4 Å². The first-order chi connectivity index (χ1) is 11.4. The monoisotopic (exact) mass is 355 g/mol. The summed E-state index contributed by atoms with van der Waals surface area (Å²) >= 11 is 0. The minimum absolute atomic E-state index is 0.156. The summed E-state index contributed by atoms with van der Waals surface area (Å²) in [4.78, 5) is 0. The zero-order valence-electron chi connectivity index (χ0n) is 14.2. The van der Waals surface area contributed by atoms with E-state index in [1.807, 2.05) is 6.07 Å². The van der Waals surface area contributed by atoms with Gasteiger partial charge in [-0.3, -0.25) is 0 Å². The molecule has 0 radical (unpaired) electrons. The van der Waals surface area contributed by atoms with Crippen LogP contribution in [0.4, 0.5) is 4.39 Å². The maximum atomic E-state index is 13.4. The third kappa shape index (κ3) is 3.98. The summed E-state index contributed by atoms with van der Waals surface area (Å²) in [7, 11) is -3.11. The average Bonchev–Trinajstić information content (AvgIpc) is 2.55. The molecule has 24 heavy (non-hydrogen) atoms. The Kier molecular flexibility index (Phi) is 5.27. The van der Waals surface area contributed by atoms with Crippen molar-refractivity contribution in [2.45, 2.75) is 44.6 Å². The van der Waals surface area contributed by atoms with Crippen LogP contribution in [0.15, 0.2) is 24.3 Å². The second-order valence-corrected chi connectivity index (χ2v) is 9.28. The summed E-state index contributed by atoms with van der Waals surface area (Å²) in [5.74, 6) is 0.436. The first-order valence-corrected chi connectivity index (χ1v) is 10.4. The highest BCUT2D eigenvalue weighted by Gasteiger charge is 2.42. The van der Waals surface area contributed by atoms with Gasteiger partial charge in [-0.1, -0.05) is 12.1 Å². The fourth-order valence-electron chi connectivity index (χ4n) is 4.00. The van der Waals surface area contributed by atoms with Crippen molar-refractivity contribution < 1.29 is 17.5 Å². The summed E-state index contributed by atoms with van der Waals surface area (Å²) < 4.78 is 45.1. The number of rotatable bonds is 4. The molecule has 134 valence electrons. The summed E-state index contributed by atoms with van der Waals surface area (Å²) in [6.07, 6.45) is 4.29. The van der Waals surface area contributed by atoms with Crippen molar-refractivity contribution in [3.63, 3.8) is 0 Å². The van der Waals surface area contributed by atoms with Gasteiger partial charge in [-0.15, -0.1) is 0 Å². The number of halogens is 1. The normalized spacial score (nSPS) is 25.0. The largest absolute Gasteiger partial charge is 0.375 e. The van der Waals surface area contributed by atoms with Crippen LogP contribution in [-0.2, 0) is 21.2 Å². The van der Waals surface area contributed by atoms with Crippen LogP contribution >= 0.6 is 0 Å². The van der Waals surface area contributed by atoms with E-state index < -0.39 is 10.0 Å². The van der Waals surface area contributed by atoms with E-state index in [2.05, 4.69) is 0 Å². The van der Waals surface area contributed by atoms with Crippen LogP contribution in [0.25, 0.3) is 0 Å². The van der Waals surface area contributed by atoms with E-state index in [1.165, 1.54) is 6.07 Å². The molecule has 0 amide bonds. The summed E-state index contributed by atoms with van der Waals surface area (Å²) in [5, 5.41) is 0. The molecule has 6 heteroatoms. The molecule has 1 spiro atoms. The van der Waals surface area contributed by atoms with Gasteiger partial charge in [-0.05, 0) is 62.6 Å². The van der Waals surface area contributed by atoms with Gasteiger partial charge in [0.15, 0.2) is 0 Å². The van der Waals surface area contributed by atoms with E-state index in [-0.39, 0.29) is 17.2 Å². The second-order valence-electron chi connectivity index (χ2n) is 7.02. The van der Waals surface area contributed by atoms with Crippen molar-refractivity contribution in [1.29, 1.82) is 0 Å². The van der Waals surface area contributed by atoms with Crippen LogP contribution in [0.1, 0.15) is 38.2 Å². The molecule has 2 aliphatic rings. The fourth-order valence-corrected chi connectivity index (χ4v) is 5.11. The van der Waals surface area contributed by atoms with Gasteiger partial charge in [0, 0.05) is 19.7 Å². The van der Waals surface area contributed by atoms with Crippen LogP contribution in [0.2, 0.25) is 0 Å². The van der Waals surface area contributed by atoms with Crippen LogP contribution in [-0.4, -0.2) is 43.8 Å². The smallest absolute Gasteiger partial charge is 0.213 e. The Morgan fingerprint density at radius 3 is 2.75 bits per heavy atom. The van der Waals surface area contributed by atoms with Crippen molar-refractivity contribution in [3.05, 3.63) is 35.6 Å². The highest BCUT2D eigenvalue weighted by Crippen LogP contribution is 2.39. The third-order valence-corrected chi connectivity index (χ3v) is 7.28. The molecular formula is C18H26FNO3S. The van der Waals surface area contributed by atoms with E-state index in [1.54, 1.807) is 23.4 Å². The molecule has 0 saturated carbocycles. The Hall–Kier alpha value is -0.980. The fraction of sp³-hybridized carbons (Fsp3) is 0.667. The van der Waals surface area contributed by atoms with Crippen molar-refractivity contribution >= 4 is 10.0 Å². The Labute approximate surface area is 144 Å².